The second kappa shape index (κ2) is 8.34. The lowest BCUT2D eigenvalue weighted by Gasteiger charge is -2.32. The molecule has 3 amide bonds. The van der Waals surface area contributed by atoms with Crippen molar-refractivity contribution < 1.29 is 14.0 Å². The molecular weight excluding hydrogens is 320 g/mol. The first-order valence-electron chi connectivity index (χ1n) is 8.37. The lowest BCUT2D eigenvalue weighted by atomic mass is 10.0. The Kier molecular flexibility index (Phi) is 5.69. The third-order valence-corrected chi connectivity index (χ3v) is 4.21. The zero-order chi connectivity index (χ0) is 17.5. The van der Waals surface area contributed by atoms with Crippen molar-refractivity contribution in [3.63, 3.8) is 0 Å². The zero-order valence-corrected chi connectivity index (χ0v) is 13.9. The van der Waals surface area contributed by atoms with Gasteiger partial charge in [-0.1, -0.05) is 30.3 Å². The first kappa shape index (κ1) is 17.0. The van der Waals surface area contributed by atoms with Crippen molar-refractivity contribution >= 4 is 11.9 Å². The van der Waals surface area contributed by atoms with Crippen molar-refractivity contribution in [1.29, 1.82) is 0 Å². The molecule has 1 aromatic carbocycles. The van der Waals surface area contributed by atoms with E-state index in [1.54, 1.807) is 6.07 Å². The smallest absolute Gasteiger partial charge is 0.333 e. The Balaban J connectivity index is 1.35. The molecule has 3 N–H and O–H groups in total. The van der Waals surface area contributed by atoms with Crippen LogP contribution in [0.5, 0.6) is 0 Å². The Labute approximate surface area is 146 Å². The average Bonchev–Trinajstić information content (AvgIpc) is 3.17. The Morgan fingerprint density at radius 2 is 1.80 bits per heavy atom. The van der Waals surface area contributed by atoms with Crippen LogP contribution >= 0.6 is 0 Å². The third-order valence-electron chi connectivity index (χ3n) is 4.21. The second-order valence-electron chi connectivity index (χ2n) is 6.07. The van der Waals surface area contributed by atoms with Crippen molar-refractivity contribution in [2.45, 2.75) is 25.4 Å². The number of amides is 3. The van der Waals surface area contributed by atoms with Gasteiger partial charge in [0.2, 0.25) is 0 Å². The number of urea groups is 1. The number of piperidine rings is 1. The highest BCUT2D eigenvalue weighted by molar-refractivity contribution is 5.92. The minimum Gasteiger partial charge on any atom is -0.459 e. The molecule has 0 radical (unpaired) electrons. The largest absolute Gasteiger partial charge is 0.459 e. The van der Waals surface area contributed by atoms with Gasteiger partial charge in [0.1, 0.15) is 0 Å². The summed E-state index contributed by atoms with van der Waals surface area (Å²) < 4.78 is 4.95. The van der Waals surface area contributed by atoms with Crippen LogP contribution in [-0.2, 0) is 6.54 Å². The maximum absolute atomic E-state index is 11.9. The Morgan fingerprint density at radius 3 is 2.48 bits per heavy atom. The Morgan fingerprint density at radius 1 is 1.04 bits per heavy atom. The van der Waals surface area contributed by atoms with Gasteiger partial charge >= 0.3 is 11.9 Å². The summed E-state index contributed by atoms with van der Waals surface area (Å²) in [7, 11) is 0. The SMILES string of the molecule is O=C(NNC(=O)c1ccco1)NC1CCN(Cc2ccccc2)CC1. The quantitative estimate of drug-likeness (QED) is 0.741. The fourth-order valence-electron chi connectivity index (χ4n) is 2.88. The van der Waals surface area contributed by atoms with E-state index >= 15 is 0 Å². The zero-order valence-electron chi connectivity index (χ0n) is 13.9. The van der Waals surface area contributed by atoms with Gasteiger partial charge in [-0.25, -0.2) is 10.2 Å². The third kappa shape index (κ3) is 5.09. The lowest BCUT2D eigenvalue weighted by Crippen LogP contribution is -2.52. The highest BCUT2D eigenvalue weighted by Crippen LogP contribution is 2.13. The van der Waals surface area contributed by atoms with Gasteiger partial charge in [0.25, 0.3) is 0 Å². The molecule has 2 heterocycles. The molecule has 0 atom stereocenters. The van der Waals surface area contributed by atoms with E-state index in [9.17, 15) is 9.59 Å². The van der Waals surface area contributed by atoms with E-state index < -0.39 is 11.9 Å². The minimum absolute atomic E-state index is 0.104. The molecule has 0 bridgehead atoms. The van der Waals surface area contributed by atoms with Crippen LogP contribution in [0.2, 0.25) is 0 Å². The molecule has 1 aromatic heterocycles. The lowest BCUT2D eigenvalue weighted by molar-refractivity contribution is 0.0907. The molecular formula is C18H22N4O3. The number of nitrogens with zero attached hydrogens (tertiary/aromatic N) is 1. The molecule has 1 saturated heterocycles. The fourth-order valence-corrected chi connectivity index (χ4v) is 2.88. The van der Waals surface area contributed by atoms with Crippen molar-refractivity contribution in [1.82, 2.24) is 21.1 Å². The van der Waals surface area contributed by atoms with Crippen LogP contribution in [0.4, 0.5) is 4.79 Å². The highest BCUT2D eigenvalue weighted by Gasteiger charge is 2.21. The van der Waals surface area contributed by atoms with Crippen LogP contribution in [0, 0.1) is 0 Å². The van der Waals surface area contributed by atoms with Crippen LogP contribution in [0.25, 0.3) is 0 Å². The Hall–Kier alpha value is -2.80. The van der Waals surface area contributed by atoms with Gasteiger partial charge < -0.3 is 9.73 Å². The number of hydrazine groups is 1. The van der Waals surface area contributed by atoms with Crippen LogP contribution < -0.4 is 16.2 Å². The summed E-state index contributed by atoms with van der Waals surface area (Å²) >= 11 is 0. The van der Waals surface area contributed by atoms with Crippen molar-refractivity contribution in [2.75, 3.05) is 13.1 Å². The maximum atomic E-state index is 11.9. The van der Waals surface area contributed by atoms with E-state index in [0.29, 0.717) is 0 Å². The number of rotatable bonds is 4. The molecule has 0 aliphatic carbocycles. The summed E-state index contributed by atoms with van der Waals surface area (Å²) in [5, 5.41) is 2.88. The first-order valence-corrected chi connectivity index (χ1v) is 8.37. The molecule has 0 spiro atoms. The van der Waals surface area contributed by atoms with Gasteiger partial charge in [-0.15, -0.1) is 0 Å². The van der Waals surface area contributed by atoms with Gasteiger partial charge in [0, 0.05) is 25.7 Å². The van der Waals surface area contributed by atoms with Crippen LogP contribution in [-0.4, -0.2) is 36.0 Å². The summed E-state index contributed by atoms with van der Waals surface area (Å²) in [6.07, 6.45) is 3.16. The van der Waals surface area contributed by atoms with E-state index in [1.165, 1.54) is 17.9 Å². The van der Waals surface area contributed by atoms with Gasteiger partial charge in [-0.05, 0) is 30.5 Å². The Bertz CT molecular complexity index is 680. The van der Waals surface area contributed by atoms with E-state index in [0.717, 1.165) is 32.5 Å². The van der Waals surface area contributed by atoms with E-state index in [-0.39, 0.29) is 11.8 Å². The molecule has 0 saturated carbocycles. The van der Waals surface area contributed by atoms with Crippen molar-refractivity contribution in [3.05, 3.63) is 60.1 Å². The van der Waals surface area contributed by atoms with E-state index in [2.05, 4.69) is 33.2 Å². The number of nitrogens with one attached hydrogen (secondary N) is 3. The monoisotopic (exact) mass is 342 g/mol. The normalized spacial score (nSPS) is 15.5. The van der Waals surface area contributed by atoms with Gasteiger partial charge in [-0.2, -0.15) is 0 Å². The predicted molar refractivity (Wildman–Crippen MR) is 92.6 cm³/mol. The van der Waals surface area contributed by atoms with Gasteiger partial charge in [-0.3, -0.25) is 15.1 Å². The van der Waals surface area contributed by atoms with Crippen molar-refractivity contribution in [2.24, 2.45) is 0 Å². The topological polar surface area (TPSA) is 86.6 Å². The number of hydrogen-bond donors (Lipinski definition) is 3. The number of furan rings is 1. The average molecular weight is 342 g/mol. The van der Waals surface area contributed by atoms with E-state index in [4.69, 9.17) is 4.42 Å². The summed E-state index contributed by atoms with van der Waals surface area (Å²) in [4.78, 5) is 25.9. The highest BCUT2D eigenvalue weighted by atomic mass is 16.3. The number of hydrogen-bond acceptors (Lipinski definition) is 4. The molecule has 1 aliphatic heterocycles. The molecule has 3 rings (SSSR count). The molecule has 7 nitrogen and oxygen atoms in total. The number of benzene rings is 1. The second-order valence-corrected chi connectivity index (χ2v) is 6.07. The molecule has 25 heavy (non-hydrogen) atoms. The first-order chi connectivity index (χ1) is 12.2. The van der Waals surface area contributed by atoms with Gasteiger partial charge in [0.15, 0.2) is 5.76 Å². The molecule has 0 unspecified atom stereocenters. The number of likely N-dealkylation sites (tertiary alicyclic amines) is 1. The molecule has 1 aliphatic rings. The van der Waals surface area contributed by atoms with Gasteiger partial charge in [0.05, 0.1) is 6.26 Å². The fraction of sp³-hybridized carbons (Fsp3) is 0.333. The van der Waals surface area contributed by atoms with Crippen LogP contribution in [0.1, 0.15) is 29.0 Å². The molecule has 132 valence electrons. The summed E-state index contributed by atoms with van der Waals surface area (Å²) in [5.74, 6) is -0.340. The molecule has 2 aromatic rings. The predicted octanol–water partition coefficient (Wildman–Crippen LogP) is 1.89. The summed E-state index contributed by atoms with van der Waals surface area (Å²) in [6.45, 7) is 2.79. The molecule has 1 fully saturated rings. The number of carbonyl (C=O) groups excluding carboxylic acids is 2. The summed E-state index contributed by atoms with van der Waals surface area (Å²) in [6, 6.07) is 13.2. The summed E-state index contributed by atoms with van der Waals surface area (Å²) in [5.41, 5.74) is 5.95. The van der Waals surface area contributed by atoms with Crippen LogP contribution in [0.3, 0.4) is 0 Å². The van der Waals surface area contributed by atoms with Crippen molar-refractivity contribution in [3.8, 4) is 0 Å². The standard InChI is InChI=1S/C18H22N4O3/c23-17(16-7-4-12-25-16)20-21-18(24)19-15-8-10-22(11-9-15)13-14-5-2-1-3-6-14/h1-7,12,15H,8-11,13H2,(H,20,23)(H2,19,21,24). The minimum atomic E-state index is -0.488. The van der Waals surface area contributed by atoms with E-state index in [1.807, 2.05) is 18.2 Å². The number of carbonyl (C=O) groups is 2. The maximum Gasteiger partial charge on any atom is 0.333 e. The molecule has 7 heteroatoms. The van der Waals surface area contributed by atoms with Crippen LogP contribution in [0.15, 0.2) is 53.1 Å².